The van der Waals surface area contributed by atoms with Crippen molar-refractivity contribution in [3.8, 4) is 0 Å². The number of nitrogens with one attached hydrogen (secondary N) is 1. The minimum absolute atomic E-state index is 0.215. The Hall–Kier alpha value is -0.540. The van der Waals surface area contributed by atoms with Crippen LogP contribution in [-0.2, 0) is 0 Å². The van der Waals surface area contributed by atoms with Crippen molar-refractivity contribution in [3.63, 3.8) is 0 Å². The molecule has 2 nitrogen and oxygen atoms in total. The lowest BCUT2D eigenvalue weighted by atomic mass is 10.1. The number of pyridine rings is 1. The second-order valence-electron chi connectivity index (χ2n) is 4.92. The van der Waals surface area contributed by atoms with Gasteiger partial charge in [0.15, 0.2) is 0 Å². The van der Waals surface area contributed by atoms with Crippen LogP contribution in [0.25, 0.3) is 0 Å². The van der Waals surface area contributed by atoms with Crippen molar-refractivity contribution in [2.45, 2.75) is 50.4 Å². The van der Waals surface area contributed by atoms with Gasteiger partial charge in [0.2, 0.25) is 0 Å². The van der Waals surface area contributed by atoms with Crippen LogP contribution in [0.4, 0.5) is 0 Å². The van der Waals surface area contributed by atoms with E-state index < -0.39 is 0 Å². The van der Waals surface area contributed by atoms with E-state index in [1.54, 1.807) is 0 Å². The number of thioether (sulfide) groups is 1. The second kappa shape index (κ2) is 5.69. The summed E-state index contributed by atoms with van der Waals surface area (Å²) in [5.41, 5.74) is 1.31. The molecule has 0 saturated heterocycles. The van der Waals surface area contributed by atoms with Crippen molar-refractivity contribution in [3.05, 3.63) is 23.9 Å². The number of aromatic nitrogens is 1. The van der Waals surface area contributed by atoms with E-state index in [1.807, 2.05) is 18.0 Å². The molecule has 0 bridgehead atoms. The van der Waals surface area contributed by atoms with Crippen LogP contribution in [0.2, 0.25) is 0 Å². The van der Waals surface area contributed by atoms with Crippen LogP contribution in [0.5, 0.6) is 0 Å². The summed E-state index contributed by atoms with van der Waals surface area (Å²) in [5, 5.41) is 4.52. The van der Waals surface area contributed by atoms with E-state index in [9.17, 15) is 0 Å². The zero-order valence-electron chi connectivity index (χ0n) is 10.9. The summed E-state index contributed by atoms with van der Waals surface area (Å²) >= 11 is 1.81. The van der Waals surface area contributed by atoms with Gasteiger partial charge in [-0.15, -0.1) is 11.8 Å². The summed E-state index contributed by atoms with van der Waals surface area (Å²) in [7, 11) is 0. The molecule has 0 spiro atoms. The third kappa shape index (κ3) is 4.54. The van der Waals surface area contributed by atoms with Crippen LogP contribution in [0.1, 0.15) is 46.2 Å². The summed E-state index contributed by atoms with van der Waals surface area (Å²) in [6, 6.07) is 4.66. The van der Waals surface area contributed by atoms with E-state index >= 15 is 0 Å². The smallest absolute Gasteiger partial charge is 0.0968 e. The fourth-order valence-electron chi connectivity index (χ4n) is 1.49. The van der Waals surface area contributed by atoms with Crippen molar-refractivity contribution in [1.82, 2.24) is 10.3 Å². The maximum absolute atomic E-state index is 4.40. The van der Waals surface area contributed by atoms with Crippen LogP contribution in [0.15, 0.2) is 23.4 Å². The first-order chi connectivity index (χ1) is 7.42. The van der Waals surface area contributed by atoms with Gasteiger partial charge in [0, 0.05) is 17.0 Å². The minimum atomic E-state index is 0.215. The number of nitrogens with zero attached hydrogens (tertiary/aromatic N) is 1. The lowest BCUT2D eigenvalue weighted by molar-refractivity contribution is 0.595. The standard InChI is InChI=1S/C13H22N2S/c1-6-14-10(2)11-7-8-15-12(9-11)16-13(3,4)5/h7-10,14H,6H2,1-5H3. The Kier molecular flexibility index (Phi) is 4.81. The van der Waals surface area contributed by atoms with Crippen LogP contribution in [-0.4, -0.2) is 16.3 Å². The Morgan fingerprint density at radius 2 is 2.12 bits per heavy atom. The molecule has 0 aliphatic rings. The van der Waals surface area contributed by atoms with Gasteiger partial charge in [-0.1, -0.05) is 27.7 Å². The SMILES string of the molecule is CCNC(C)c1ccnc(SC(C)(C)C)c1. The van der Waals surface area contributed by atoms with E-state index in [0.717, 1.165) is 11.6 Å². The summed E-state index contributed by atoms with van der Waals surface area (Å²) < 4.78 is 0.215. The van der Waals surface area contributed by atoms with Gasteiger partial charge in [-0.25, -0.2) is 4.98 Å². The monoisotopic (exact) mass is 238 g/mol. The third-order valence-electron chi connectivity index (χ3n) is 2.18. The molecule has 1 atom stereocenters. The maximum Gasteiger partial charge on any atom is 0.0968 e. The second-order valence-corrected chi connectivity index (χ2v) is 6.77. The maximum atomic E-state index is 4.40. The van der Waals surface area contributed by atoms with Gasteiger partial charge in [-0.3, -0.25) is 0 Å². The Bertz CT molecular complexity index is 331. The first kappa shape index (κ1) is 13.5. The molecule has 90 valence electrons. The molecule has 16 heavy (non-hydrogen) atoms. The highest BCUT2D eigenvalue weighted by Crippen LogP contribution is 2.31. The summed E-state index contributed by atoms with van der Waals surface area (Å²) in [5.74, 6) is 0. The molecule has 0 amide bonds. The van der Waals surface area contributed by atoms with Gasteiger partial charge in [-0.2, -0.15) is 0 Å². The molecule has 1 rings (SSSR count). The van der Waals surface area contributed by atoms with Crippen molar-refractivity contribution >= 4 is 11.8 Å². The molecule has 0 saturated carbocycles. The topological polar surface area (TPSA) is 24.9 Å². The lowest BCUT2D eigenvalue weighted by Crippen LogP contribution is -2.17. The first-order valence-electron chi connectivity index (χ1n) is 5.80. The first-order valence-corrected chi connectivity index (χ1v) is 6.62. The molecular weight excluding hydrogens is 216 g/mol. The van der Waals surface area contributed by atoms with Gasteiger partial charge in [0.05, 0.1) is 5.03 Å². The molecule has 0 fully saturated rings. The highest BCUT2D eigenvalue weighted by Gasteiger charge is 2.14. The summed E-state index contributed by atoms with van der Waals surface area (Å²) in [4.78, 5) is 4.40. The van der Waals surface area contributed by atoms with E-state index in [0.29, 0.717) is 6.04 Å². The highest BCUT2D eigenvalue weighted by atomic mass is 32.2. The normalized spacial score (nSPS) is 13.8. The Morgan fingerprint density at radius 1 is 1.44 bits per heavy atom. The number of hydrogen-bond donors (Lipinski definition) is 1. The largest absolute Gasteiger partial charge is 0.310 e. The highest BCUT2D eigenvalue weighted by molar-refractivity contribution is 8.00. The quantitative estimate of drug-likeness (QED) is 0.811. The van der Waals surface area contributed by atoms with E-state index in [-0.39, 0.29) is 4.75 Å². The molecule has 0 aliphatic carbocycles. The molecule has 0 aliphatic heterocycles. The van der Waals surface area contributed by atoms with E-state index in [2.05, 4.69) is 57.1 Å². The Morgan fingerprint density at radius 3 is 2.69 bits per heavy atom. The van der Waals surface area contributed by atoms with Crippen LogP contribution in [0.3, 0.4) is 0 Å². The number of rotatable bonds is 4. The number of hydrogen-bond acceptors (Lipinski definition) is 3. The summed E-state index contributed by atoms with van der Waals surface area (Å²) in [6.07, 6.45) is 1.90. The average Bonchev–Trinajstić information content (AvgIpc) is 2.16. The molecule has 0 radical (unpaired) electrons. The molecule has 1 N–H and O–H groups in total. The van der Waals surface area contributed by atoms with Crippen LogP contribution >= 0.6 is 11.8 Å². The lowest BCUT2D eigenvalue weighted by Gasteiger charge is -2.18. The van der Waals surface area contributed by atoms with E-state index in [1.165, 1.54) is 5.56 Å². The van der Waals surface area contributed by atoms with Crippen LogP contribution < -0.4 is 5.32 Å². The summed E-state index contributed by atoms with van der Waals surface area (Å²) in [6.45, 7) is 11.9. The zero-order valence-corrected chi connectivity index (χ0v) is 11.7. The molecular formula is C13H22N2S. The Labute approximate surface area is 103 Å². The average molecular weight is 238 g/mol. The van der Waals surface area contributed by atoms with Crippen molar-refractivity contribution in [1.29, 1.82) is 0 Å². The molecule has 1 heterocycles. The minimum Gasteiger partial charge on any atom is -0.310 e. The van der Waals surface area contributed by atoms with Crippen molar-refractivity contribution < 1.29 is 0 Å². The zero-order chi connectivity index (χ0) is 12.2. The van der Waals surface area contributed by atoms with Crippen molar-refractivity contribution in [2.75, 3.05) is 6.54 Å². The van der Waals surface area contributed by atoms with Gasteiger partial charge < -0.3 is 5.32 Å². The van der Waals surface area contributed by atoms with E-state index in [4.69, 9.17) is 0 Å². The predicted molar refractivity (Wildman–Crippen MR) is 71.9 cm³/mol. The third-order valence-corrected chi connectivity index (χ3v) is 3.22. The van der Waals surface area contributed by atoms with Gasteiger partial charge in [0.1, 0.15) is 0 Å². The molecule has 3 heteroatoms. The molecule has 1 aromatic rings. The Balaban J connectivity index is 2.78. The molecule has 1 unspecified atom stereocenters. The molecule has 1 aromatic heterocycles. The van der Waals surface area contributed by atoms with Crippen molar-refractivity contribution in [2.24, 2.45) is 0 Å². The fourth-order valence-corrected chi connectivity index (χ4v) is 2.42. The fraction of sp³-hybridized carbons (Fsp3) is 0.615. The molecule has 0 aromatic carbocycles. The van der Waals surface area contributed by atoms with Gasteiger partial charge >= 0.3 is 0 Å². The van der Waals surface area contributed by atoms with Crippen LogP contribution in [0, 0.1) is 0 Å². The predicted octanol–water partition coefficient (Wildman–Crippen LogP) is 3.64. The van der Waals surface area contributed by atoms with Gasteiger partial charge in [0.25, 0.3) is 0 Å². The van der Waals surface area contributed by atoms with Gasteiger partial charge in [-0.05, 0) is 31.2 Å².